The predicted molar refractivity (Wildman–Crippen MR) is 183 cm³/mol. The van der Waals surface area contributed by atoms with Crippen molar-refractivity contribution in [2.45, 2.75) is 0 Å². The van der Waals surface area contributed by atoms with Gasteiger partial charge in [0.2, 0.25) is 5.89 Å². The van der Waals surface area contributed by atoms with Gasteiger partial charge in [-0.3, -0.25) is 0 Å². The highest BCUT2D eigenvalue weighted by Crippen LogP contribution is 2.38. The van der Waals surface area contributed by atoms with Gasteiger partial charge < -0.3 is 8.98 Å². The summed E-state index contributed by atoms with van der Waals surface area (Å²) in [7, 11) is 0. The number of nitrogens with zero attached hydrogens (tertiary/aromatic N) is 5. The molecule has 0 N–H and O–H groups in total. The first-order valence-electron chi connectivity index (χ1n) is 15.2. The summed E-state index contributed by atoms with van der Waals surface area (Å²) in [6, 6.07) is 51.1. The lowest BCUT2D eigenvalue weighted by molar-refractivity contribution is 0.620. The van der Waals surface area contributed by atoms with Gasteiger partial charge in [-0.2, -0.15) is 0 Å². The fraction of sp³-hybridized carbons (Fsp3) is 0. The molecule has 6 heteroatoms. The number of rotatable bonds is 5. The van der Waals surface area contributed by atoms with Gasteiger partial charge in [-0.1, -0.05) is 103 Å². The summed E-state index contributed by atoms with van der Waals surface area (Å²) < 4.78 is 8.43. The van der Waals surface area contributed by atoms with Gasteiger partial charge in [0.15, 0.2) is 23.1 Å². The van der Waals surface area contributed by atoms with Crippen molar-refractivity contribution in [3.63, 3.8) is 0 Å². The first kappa shape index (κ1) is 26.0. The zero-order chi connectivity index (χ0) is 30.5. The molecule has 3 aromatic heterocycles. The van der Waals surface area contributed by atoms with E-state index in [1.165, 1.54) is 0 Å². The van der Waals surface area contributed by atoms with Gasteiger partial charge in [0, 0.05) is 33.0 Å². The average molecular weight is 592 g/mol. The van der Waals surface area contributed by atoms with Crippen molar-refractivity contribution >= 4 is 32.9 Å². The van der Waals surface area contributed by atoms with E-state index in [2.05, 4.69) is 65.2 Å². The van der Waals surface area contributed by atoms with Gasteiger partial charge in [-0.15, -0.1) is 0 Å². The Balaban J connectivity index is 1.27. The van der Waals surface area contributed by atoms with Gasteiger partial charge in [0.25, 0.3) is 0 Å². The van der Waals surface area contributed by atoms with Crippen molar-refractivity contribution in [1.29, 1.82) is 0 Å². The molecule has 0 unspecified atom stereocenters. The Kier molecular flexibility index (Phi) is 6.03. The Hall–Kier alpha value is -6.40. The maximum absolute atomic E-state index is 6.14. The van der Waals surface area contributed by atoms with Crippen LogP contribution in [-0.2, 0) is 0 Å². The van der Waals surface area contributed by atoms with Crippen LogP contribution in [0.25, 0.3) is 84.2 Å². The van der Waals surface area contributed by atoms with Crippen LogP contribution in [0.2, 0.25) is 0 Å². The zero-order valence-electron chi connectivity index (χ0n) is 24.6. The van der Waals surface area contributed by atoms with E-state index in [0.29, 0.717) is 23.4 Å². The molecule has 3 heterocycles. The second-order valence-corrected chi connectivity index (χ2v) is 11.1. The van der Waals surface area contributed by atoms with Crippen molar-refractivity contribution < 1.29 is 4.42 Å². The molecule has 0 aliphatic carbocycles. The standard InChI is InChI=1S/C40H25N5O/c1-3-13-26(14-4-1)37-42-38(27-15-5-2-6-16-27)44-39(43-37)30-18-8-11-21-34(30)45-33-20-10-7-17-29(33)31-25-28(23-24-35(31)45)40-41-32-19-9-12-22-36(32)46-40/h1-25H. The fourth-order valence-corrected chi connectivity index (χ4v) is 6.15. The minimum absolute atomic E-state index is 0.604. The maximum Gasteiger partial charge on any atom is 0.227 e. The van der Waals surface area contributed by atoms with Crippen LogP contribution < -0.4 is 0 Å². The van der Waals surface area contributed by atoms with Crippen molar-refractivity contribution in [3.05, 3.63) is 152 Å². The molecule has 9 rings (SSSR count). The minimum Gasteiger partial charge on any atom is -0.436 e. The Morgan fingerprint density at radius 1 is 0.435 bits per heavy atom. The maximum atomic E-state index is 6.14. The topological polar surface area (TPSA) is 69.6 Å². The molecule has 0 spiro atoms. The van der Waals surface area contributed by atoms with Gasteiger partial charge in [-0.25, -0.2) is 19.9 Å². The summed E-state index contributed by atoms with van der Waals surface area (Å²) in [5, 5.41) is 2.24. The quantitative estimate of drug-likeness (QED) is 0.199. The Morgan fingerprint density at radius 3 is 1.80 bits per heavy atom. The van der Waals surface area contributed by atoms with E-state index in [9.17, 15) is 0 Å². The van der Waals surface area contributed by atoms with Crippen LogP contribution in [0, 0.1) is 0 Å². The molecular formula is C40H25N5O. The molecule has 0 radical (unpaired) electrons. The summed E-state index contributed by atoms with van der Waals surface area (Å²) in [6.45, 7) is 0. The summed E-state index contributed by atoms with van der Waals surface area (Å²) >= 11 is 0. The molecule has 0 aliphatic rings. The lowest BCUT2D eigenvalue weighted by Gasteiger charge is -2.14. The van der Waals surface area contributed by atoms with Gasteiger partial charge in [0.1, 0.15) is 5.52 Å². The minimum atomic E-state index is 0.604. The van der Waals surface area contributed by atoms with E-state index in [0.717, 1.165) is 60.8 Å². The summed E-state index contributed by atoms with van der Waals surface area (Å²) in [5.41, 5.74) is 8.45. The van der Waals surface area contributed by atoms with Crippen LogP contribution >= 0.6 is 0 Å². The van der Waals surface area contributed by atoms with Gasteiger partial charge in [-0.05, 0) is 48.5 Å². The predicted octanol–water partition coefficient (Wildman–Crippen LogP) is 9.78. The zero-order valence-corrected chi connectivity index (χ0v) is 24.6. The SMILES string of the molecule is c1ccc(-c2nc(-c3ccccc3)nc(-c3ccccc3-n3c4ccccc4c4cc(-c5nc6ccccc6o5)ccc43)n2)cc1. The average Bonchev–Trinajstić information content (AvgIpc) is 3.71. The van der Waals surface area contributed by atoms with Crippen LogP contribution in [-0.4, -0.2) is 24.5 Å². The molecule has 216 valence electrons. The van der Waals surface area contributed by atoms with Crippen LogP contribution in [0.4, 0.5) is 0 Å². The van der Waals surface area contributed by atoms with E-state index in [4.69, 9.17) is 24.4 Å². The Bertz CT molecular complexity index is 2440. The van der Waals surface area contributed by atoms with Crippen LogP contribution in [0.1, 0.15) is 0 Å². The van der Waals surface area contributed by atoms with Crippen LogP contribution in [0.15, 0.2) is 156 Å². The number of oxazole rings is 1. The summed E-state index contributed by atoms with van der Waals surface area (Å²) in [4.78, 5) is 19.8. The molecule has 0 amide bonds. The molecule has 0 atom stereocenters. The third-order valence-corrected chi connectivity index (χ3v) is 8.30. The third kappa shape index (κ3) is 4.35. The van der Waals surface area contributed by atoms with Crippen molar-refractivity contribution in [3.8, 4) is 51.3 Å². The van der Waals surface area contributed by atoms with Crippen LogP contribution in [0.3, 0.4) is 0 Å². The second-order valence-electron chi connectivity index (χ2n) is 11.1. The van der Waals surface area contributed by atoms with Crippen molar-refractivity contribution in [1.82, 2.24) is 24.5 Å². The van der Waals surface area contributed by atoms with Gasteiger partial charge >= 0.3 is 0 Å². The number of benzene rings is 6. The van der Waals surface area contributed by atoms with Crippen LogP contribution in [0.5, 0.6) is 0 Å². The lowest BCUT2D eigenvalue weighted by atomic mass is 10.1. The number of hydrogen-bond acceptors (Lipinski definition) is 5. The Labute approximate surface area is 264 Å². The first-order valence-corrected chi connectivity index (χ1v) is 15.2. The Morgan fingerprint density at radius 2 is 1.04 bits per heavy atom. The molecule has 6 nitrogen and oxygen atoms in total. The first-order chi connectivity index (χ1) is 22.8. The number of para-hydroxylation sites is 4. The molecule has 0 saturated heterocycles. The highest BCUT2D eigenvalue weighted by Gasteiger charge is 2.20. The number of aromatic nitrogens is 5. The molecule has 0 aliphatic heterocycles. The van der Waals surface area contributed by atoms with E-state index in [1.807, 2.05) is 91.0 Å². The molecule has 0 bridgehead atoms. The van der Waals surface area contributed by atoms with E-state index < -0.39 is 0 Å². The molecule has 0 saturated carbocycles. The lowest BCUT2D eigenvalue weighted by Crippen LogP contribution is -2.03. The molecule has 46 heavy (non-hydrogen) atoms. The molecule has 0 fully saturated rings. The molecule has 6 aromatic carbocycles. The van der Waals surface area contributed by atoms with E-state index in [1.54, 1.807) is 0 Å². The second kappa shape index (κ2) is 10.6. The van der Waals surface area contributed by atoms with Crippen molar-refractivity contribution in [2.75, 3.05) is 0 Å². The highest BCUT2D eigenvalue weighted by molar-refractivity contribution is 6.10. The third-order valence-electron chi connectivity index (χ3n) is 8.30. The van der Waals surface area contributed by atoms with Gasteiger partial charge in [0.05, 0.1) is 16.7 Å². The monoisotopic (exact) mass is 591 g/mol. The van der Waals surface area contributed by atoms with Crippen molar-refractivity contribution in [2.24, 2.45) is 0 Å². The summed E-state index contributed by atoms with van der Waals surface area (Å²) in [5.74, 6) is 2.47. The normalized spacial score (nSPS) is 11.5. The highest BCUT2D eigenvalue weighted by atomic mass is 16.3. The summed E-state index contributed by atoms with van der Waals surface area (Å²) in [6.07, 6.45) is 0. The largest absolute Gasteiger partial charge is 0.436 e. The van der Waals surface area contributed by atoms with E-state index in [-0.39, 0.29) is 0 Å². The van der Waals surface area contributed by atoms with E-state index >= 15 is 0 Å². The smallest absolute Gasteiger partial charge is 0.227 e. The molecular weight excluding hydrogens is 566 g/mol. The fourth-order valence-electron chi connectivity index (χ4n) is 6.15. The number of fused-ring (bicyclic) bond motifs is 4. The number of hydrogen-bond donors (Lipinski definition) is 0. The molecule has 9 aromatic rings.